The maximum Gasteiger partial charge on any atom is 0.160 e. The Labute approximate surface area is 97.1 Å². The minimum Gasteiger partial charge on any atom is -0.317 e. The zero-order chi connectivity index (χ0) is 11.5. The molecule has 1 saturated heterocycles. The van der Waals surface area contributed by atoms with Crippen LogP contribution in [0, 0.1) is 6.92 Å². The molecule has 1 aliphatic heterocycles. The predicted molar refractivity (Wildman–Crippen MR) is 66.0 cm³/mol. The molecule has 16 heavy (non-hydrogen) atoms. The van der Waals surface area contributed by atoms with Crippen molar-refractivity contribution in [1.82, 2.24) is 5.32 Å². The lowest BCUT2D eigenvalue weighted by Gasteiger charge is -2.24. The van der Waals surface area contributed by atoms with Crippen LogP contribution in [0.5, 0.6) is 0 Å². The number of Topliss-reactive ketones (excluding diaryl/α,β-unsaturated/α-hetero) is 1. The van der Waals surface area contributed by atoms with E-state index in [0.29, 0.717) is 5.92 Å². The molecule has 1 N–H and O–H groups in total. The van der Waals surface area contributed by atoms with Crippen LogP contribution in [0.15, 0.2) is 18.2 Å². The van der Waals surface area contributed by atoms with Crippen LogP contribution in [-0.4, -0.2) is 18.9 Å². The Balaban J connectivity index is 2.34. The van der Waals surface area contributed by atoms with Gasteiger partial charge in [0.25, 0.3) is 0 Å². The number of ketones is 1. The van der Waals surface area contributed by atoms with Crippen molar-refractivity contribution < 1.29 is 4.79 Å². The zero-order valence-corrected chi connectivity index (χ0v) is 10.0. The van der Waals surface area contributed by atoms with Gasteiger partial charge in [0.1, 0.15) is 0 Å². The first-order valence-electron chi connectivity index (χ1n) is 6.00. The van der Waals surface area contributed by atoms with E-state index in [1.165, 1.54) is 11.1 Å². The summed E-state index contributed by atoms with van der Waals surface area (Å²) in [6.45, 7) is 5.84. The highest BCUT2D eigenvalue weighted by Crippen LogP contribution is 2.28. The average molecular weight is 217 g/mol. The molecule has 2 nitrogen and oxygen atoms in total. The third-order valence-electron chi connectivity index (χ3n) is 3.37. The summed E-state index contributed by atoms with van der Waals surface area (Å²) in [5.41, 5.74) is 3.34. The number of carbonyl (C=O) groups is 1. The minimum absolute atomic E-state index is 0.192. The molecule has 1 aromatic carbocycles. The fourth-order valence-corrected chi connectivity index (χ4v) is 2.46. The molecule has 0 spiro atoms. The summed E-state index contributed by atoms with van der Waals surface area (Å²) in [7, 11) is 0. The second-order valence-corrected chi connectivity index (χ2v) is 4.67. The molecular weight excluding hydrogens is 198 g/mol. The normalized spacial score (nSPS) is 17.4. The predicted octanol–water partition coefficient (Wildman–Crippen LogP) is 2.66. The van der Waals surface area contributed by atoms with E-state index in [9.17, 15) is 4.79 Å². The second kappa shape index (κ2) is 4.79. The Hall–Kier alpha value is -1.15. The van der Waals surface area contributed by atoms with Crippen LogP contribution in [0.3, 0.4) is 0 Å². The van der Waals surface area contributed by atoms with Gasteiger partial charge < -0.3 is 5.32 Å². The molecule has 1 aromatic rings. The van der Waals surface area contributed by atoms with E-state index in [1.54, 1.807) is 6.92 Å². The van der Waals surface area contributed by atoms with E-state index < -0.39 is 0 Å². The number of nitrogens with one attached hydrogen (secondary N) is 1. The van der Waals surface area contributed by atoms with Crippen molar-refractivity contribution in [3.63, 3.8) is 0 Å². The maximum absolute atomic E-state index is 11.6. The van der Waals surface area contributed by atoms with Crippen molar-refractivity contribution in [3.05, 3.63) is 34.9 Å². The van der Waals surface area contributed by atoms with Gasteiger partial charge in [-0.25, -0.2) is 0 Å². The zero-order valence-electron chi connectivity index (χ0n) is 10.0. The lowest BCUT2D eigenvalue weighted by molar-refractivity contribution is 0.101. The van der Waals surface area contributed by atoms with Crippen molar-refractivity contribution in [1.29, 1.82) is 0 Å². The number of benzene rings is 1. The van der Waals surface area contributed by atoms with Crippen LogP contribution in [-0.2, 0) is 0 Å². The molecular formula is C14H19NO. The third kappa shape index (κ3) is 2.33. The second-order valence-electron chi connectivity index (χ2n) is 4.67. The van der Waals surface area contributed by atoms with Crippen molar-refractivity contribution >= 4 is 5.78 Å². The lowest BCUT2D eigenvalue weighted by atomic mass is 9.85. The van der Waals surface area contributed by atoms with Gasteiger partial charge in [-0.15, -0.1) is 0 Å². The van der Waals surface area contributed by atoms with Crippen LogP contribution >= 0.6 is 0 Å². The largest absolute Gasteiger partial charge is 0.317 e. The number of rotatable bonds is 2. The van der Waals surface area contributed by atoms with E-state index in [1.807, 2.05) is 13.0 Å². The molecule has 0 amide bonds. The molecule has 0 atom stereocenters. The molecule has 0 aromatic heterocycles. The van der Waals surface area contributed by atoms with Gasteiger partial charge in [-0.2, -0.15) is 0 Å². The first-order valence-corrected chi connectivity index (χ1v) is 6.00. The Morgan fingerprint density at radius 2 is 2.00 bits per heavy atom. The molecule has 1 heterocycles. The van der Waals surface area contributed by atoms with Gasteiger partial charge in [-0.3, -0.25) is 4.79 Å². The first kappa shape index (κ1) is 11.3. The average Bonchev–Trinajstić information content (AvgIpc) is 2.30. The molecule has 0 radical (unpaired) electrons. The number of hydrogen-bond acceptors (Lipinski definition) is 2. The molecule has 1 fully saturated rings. The fraction of sp³-hybridized carbons (Fsp3) is 0.500. The molecule has 0 bridgehead atoms. The van der Waals surface area contributed by atoms with Crippen molar-refractivity contribution in [2.24, 2.45) is 0 Å². The highest BCUT2D eigenvalue weighted by atomic mass is 16.1. The van der Waals surface area contributed by atoms with E-state index in [4.69, 9.17) is 0 Å². The van der Waals surface area contributed by atoms with Crippen molar-refractivity contribution in [2.45, 2.75) is 32.6 Å². The third-order valence-corrected chi connectivity index (χ3v) is 3.37. The molecule has 86 valence electrons. The Morgan fingerprint density at radius 3 is 2.62 bits per heavy atom. The topological polar surface area (TPSA) is 29.1 Å². The van der Waals surface area contributed by atoms with Crippen molar-refractivity contribution in [2.75, 3.05) is 13.1 Å². The number of piperidine rings is 1. The Kier molecular flexibility index (Phi) is 3.39. The van der Waals surface area contributed by atoms with Gasteiger partial charge >= 0.3 is 0 Å². The van der Waals surface area contributed by atoms with E-state index in [-0.39, 0.29) is 5.78 Å². The summed E-state index contributed by atoms with van der Waals surface area (Å²) in [4.78, 5) is 11.6. The van der Waals surface area contributed by atoms with E-state index in [2.05, 4.69) is 17.4 Å². The van der Waals surface area contributed by atoms with E-state index in [0.717, 1.165) is 31.5 Å². The summed E-state index contributed by atoms with van der Waals surface area (Å²) < 4.78 is 0. The number of carbonyl (C=O) groups excluding carboxylic acids is 1. The smallest absolute Gasteiger partial charge is 0.160 e. The summed E-state index contributed by atoms with van der Waals surface area (Å²) >= 11 is 0. The van der Waals surface area contributed by atoms with Crippen LogP contribution in [0.2, 0.25) is 0 Å². The SMILES string of the molecule is CC(=O)c1cc(C)ccc1C1CCNCC1. The van der Waals surface area contributed by atoms with Gasteiger partial charge in [-0.05, 0) is 57.3 Å². The summed E-state index contributed by atoms with van der Waals surface area (Å²) in [6, 6.07) is 6.28. The molecule has 0 unspecified atom stereocenters. The monoisotopic (exact) mass is 217 g/mol. The molecule has 2 rings (SSSR count). The van der Waals surface area contributed by atoms with E-state index >= 15 is 0 Å². The van der Waals surface area contributed by atoms with Crippen LogP contribution in [0.4, 0.5) is 0 Å². The minimum atomic E-state index is 0.192. The van der Waals surface area contributed by atoms with Gasteiger partial charge in [-0.1, -0.05) is 17.7 Å². The number of hydrogen-bond donors (Lipinski definition) is 1. The van der Waals surface area contributed by atoms with Crippen LogP contribution in [0.1, 0.15) is 47.2 Å². The number of aryl methyl sites for hydroxylation is 1. The molecule has 0 aliphatic carbocycles. The Morgan fingerprint density at radius 1 is 1.31 bits per heavy atom. The van der Waals surface area contributed by atoms with Crippen LogP contribution < -0.4 is 5.32 Å². The highest BCUT2D eigenvalue weighted by Gasteiger charge is 2.19. The van der Waals surface area contributed by atoms with Crippen LogP contribution in [0.25, 0.3) is 0 Å². The molecule has 0 saturated carbocycles. The van der Waals surface area contributed by atoms with Crippen molar-refractivity contribution in [3.8, 4) is 0 Å². The summed E-state index contributed by atoms with van der Waals surface area (Å²) in [5.74, 6) is 0.748. The molecule has 1 aliphatic rings. The van der Waals surface area contributed by atoms with Gasteiger partial charge in [0.2, 0.25) is 0 Å². The van der Waals surface area contributed by atoms with Gasteiger partial charge in [0, 0.05) is 5.56 Å². The highest BCUT2D eigenvalue weighted by molar-refractivity contribution is 5.96. The molecule has 2 heteroatoms. The maximum atomic E-state index is 11.6. The lowest BCUT2D eigenvalue weighted by Crippen LogP contribution is -2.27. The first-order chi connectivity index (χ1) is 7.68. The van der Waals surface area contributed by atoms with Gasteiger partial charge in [0.15, 0.2) is 5.78 Å². The summed E-state index contributed by atoms with van der Waals surface area (Å²) in [6.07, 6.45) is 2.28. The fourth-order valence-electron chi connectivity index (χ4n) is 2.46. The summed E-state index contributed by atoms with van der Waals surface area (Å²) in [5, 5.41) is 3.36. The quantitative estimate of drug-likeness (QED) is 0.772. The Bertz CT molecular complexity index is 392. The standard InChI is InChI=1S/C14H19NO/c1-10-3-4-13(14(9-10)11(2)16)12-5-7-15-8-6-12/h3-4,9,12,15H,5-8H2,1-2H3. The van der Waals surface area contributed by atoms with Gasteiger partial charge in [0.05, 0.1) is 0 Å².